The van der Waals surface area contributed by atoms with Crippen LogP contribution >= 0.6 is 0 Å². The van der Waals surface area contributed by atoms with Gasteiger partial charge in [-0.3, -0.25) is 4.79 Å². The number of rotatable bonds is 3. The van der Waals surface area contributed by atoms with Gasteiger partial charge in [-0.15, -0.1) is 0 Å². The molecule has 3 nitrogen and oxygen atoms in total. The van der Waals surface area contributed by atoms with Gasteiger partial charge >= 0.3 is 0 Å². The summed E-state index contributed by atoms with van der Waals surface area (Å²) in [5, 5.41) is 0. The number of ketones is 1. The summed E-state index contributed by atoms with van der Waals surface area (Å²) in [6.07, 6.45) is 2.06. The van der Waals surface area contributed by atoms with E-state index in [-0.39, 0.29) is 5.78 Å². The van der Waals surface area contributed by atoms with Crippen LogP contribution in [0.2, 0.25) is 0 Å². The molecule has 3 heteroatoms. The van der Waals surface area contributed by atoms with Gasteiger partial charge in [0.1, 0.15) is 11.5 Å². The molecule has 3 aromatic carbocycles. The van der Waals surface area contributed by atoms with Crippen molar-refractivity contribution in [1.29, 1.82) is 0 Å². The average molecular weight is 342 g/mol. The second kappa shape index (κ2) is 6.52. The van der Waals surface area contributed by atoms with Crippen LogP contribution in [0.15, 0.2) is 66.7 Å². The molecule has 0 fully saturated rings. The van der Waals surface area contributed by atoms with Gasteiger partial charge in [0.2, 0.25) is 0 Å². The second-order valence-electron chi connectivity index (χ2n) is 6.09. The fourth-order valence-corrected chi connectivity index (χ4v) is 3.39. The monoisotopic (exact) mass is 342 g/mol. The third-order valence-corrected chi connectivity index (χ3v) is 4.66. The summed E-state index contributed by atoms with van der Waals surface area (Å²) in [6.45, 7) is 0. The van der Waals surface area contributed by atoms with Gasteiger partial charge in [0.05, 0.1) is 14.2 Å². The standard InChI is InChI=1S/C23H18O3/c1-25-16-11-12-22(26-2)15(13-16)14-21-17-7-3-5-9-19(17)23(24)20-10-6-4-8-18(20)21/h3-14H,1-2H3. The topological polar surface area (TPSA) is 35.5 Å². The Morgan fingerprint density at radius 1 is 0.731 bits per heavy atom. The Hall–Kier alpha value is -3.33. The zero-order valence-electron chi connectivity index (χ0n) is 14.7. The molecule has 1 aliphatic carbocycles. The number of methoxy groups -OCH3 is 2. The highest BCUT2D eigenvalue weighted by molar-refractivity contribution is 6.20. The Balaban J connectivity index is 1.99. The lowest BCUT2D eigenvalue weighted by Crippen LogP contribution is -2.14. The van der Waals surface area contributed by atoms with E-state index in [4.69, 9.17) is 9.47 Å². The lowest BCUT2D eigenvalue weighted by Gasteiger charge is -2.22. The molecule has 0 spiro atoms. The largest absolute Gasteiger partial charge is 0.497 e. The minimum atomic E-state index is 0.0611. The minimum Gasteiger partial charge on any atom is -0.497 e. The van der Waals surface area contributed by atoms with Crippen LogP contribution < -0.4 is 9.47 Å². The Bertz CT molecular complexity index is 980. The first-order valence-corrected chi connectivity index (χ1v) is 8.40. The molecule has 0 unspecified atom stereocenters. The molecule has 0 amide bonds. The zero-order chi connectivity index (χ0) is 18.1. The highest BCUT2D eigenvalue weighted by Gasteiger charge is 2.26. The molecular weight excluding hydrogens is 324 g/mol. The average Bonchev–Trinajstić information content (AvgIpc) is 2.71. The second-order valence-corrected chi connectivity index (χ2v) is 6.09. The van der Waals surface area contributed by atoms with E-state index >= 15 is 0 Å². The number of hydrogen-bond donors (Lipinski definition) is 0. The molecule has 0 aliphatic heterocycles. The normalized spacial score (nSPS) is 12.2. The third-order valence-electron chi connectivity index (χ3n) is 4.66. The lowest BCUT2D eigenvalue weighted by molar-refractivity contribution is 0.103. The van der Waals surface area contributed by atoms with E-state index in [2.05, 4.69) is 6.08 Å². The van der Waals surface area contributed by atoms with Crippen molar-refractivity contribution in [3.05, 3.63) is 94.5 Å². The van der Waals surface area contributed by atoms with Gasteiger partial charge in [-0.1, -0.05) is 48.5 Å². The van der Waals surface area contributed by atoms with Gasteiger partial charge in [0.25, 0.3) is 0 Å². The summed E-state index contributed by atoms with van der Waals surface area (Å²) in [5.41, 5.74) is 5.21. The molecule has 0 aromatic heterocycles. The van der Waals surface area contributed by atoms with Gasteiger partial charge in [-0.2, -0.15) is 0 Å². The summed E-state index contributed by atoms with van der Waals surface area (Å²) >= 11 is 0. The van der Waals surface area contributed by atoms with Crippen LogP contribution in [0.5, 0.6) is 11.5 Å². The van der Waals surface area contributed by atoms with Crippen LogP contribution in [-0.2, 0) is 0 Å². The number of ether oxygens (including phenoxy) is 2. The Morgan fingerprint density at radius 3 is 1.85 bits per heavy atom. The van der Waals surface area contributed by atoms with E-state index in [0.29, 0.717) is 0 Å². The van der Waals surface area contributed by atoms with Crippen LogP contribution in [0.1, 0.15) is 32.6 Å². The highest BCUT2D eigenvalue weighted by Crippen LogP contribution is 2.38. The molecular formula is C23H18O3. The highest BCUT2D eigenvalue weighted by atomic mass is 16.5. The smallest absolute Gasteiger partial charge is 0.194 e. The maximum atomic E-state index is 12.9. The predicted octanol–water partition coefficient (Wildman–Crippen LogP) is 4.84. The van der Waals surface area contributed by atoms with E-state index in [1.807, 2.05) is 66.7 Å². The summed E-state index contributed by atoms with van der Waals surface area (Å²) in [7, 11) is 3.29. The Morgan fingerprint density at radius 2 is 1.31 bits per heavy atom. The van der Waals surface area contributed by atoms with E-state index < -0.39 is 0 Å². The molecule has 0 bridgehead atoms. The van der Waals surface area contributed by atoms with Crippen LogP contribution in [0.4, 0.5) is 0 Å². The van der Waals surface area contributed by atoms with Crippen LogP contribution in [0.25, 0.3) is 11.6 Å². The number of carbonyl (C=O) groups is 1. The molecule has 26 heavy (non-hydrogen) atoms. The molecule has 0 N–H and O–H groups in total. The van der Waals surface area contributed by atoms with Crippen molar-refractivity contribution in [3.8, 4) is 11.5 Å². The fraction of sp³-hybridized carbons (Fsp3) is 0.0870. The molecule has 0 saturated carbocycles. The van der Waals surface area contributed by atoms with Gasteiger partial charge < -0.3 is 9.47 Å². The molecule has 0 radical (unpaired) electrons. The van der Waals surface area contributed by atoms with Gasteiger partial charge in [0, 0.05) is 16.7 Å². The van der Waals surface area contributed by atoms with Crippen molar-refractivity contribution in [2.75, 3.05) is 14.2 Å². The van der Waals surface area contributed by atoms with E-state index in [1.165, 1.54) is 0 Å². The molecule has 0 heterocycles. The molecule has 4 rings (SSSR count). The maximum Gasteiger partial charge on any atom is 0.194 e. The van der Waals surface area contributed by atoms with E-state index in [9.17, 15) is 4.79 Å². The van der Waals surface area contributed by atoms with Crippen molar-refractivity contribution in [1.82, 2.24) is 0 Å². The molecule has 128 valence electrons. The maximum absolute atomic E-state index is 12.9. The van der Waals surface area contributed by atoms with Crippen LogP contribution in [-0.4, -0.2) is 20.0 Å². The summed E-state index contributed by atoms with van der Waals surface area (Å²) in [4.78, 5) is 12.9. The van der Waals surface area contributed by atoms with E-state index in [1.54, 1.807) is 14.2 Å². The quantitative estimate of drug-likeness (QED) is 0.534. The molecule has 3 aromatic rings. The van der Waals surface area contributed by atoms with Gasteiger partial charge in [-0.25, -0.2) is 0 Å². The minimum absolute atomic E-state index is 0.0611. The zero-order valence-corrected chi connectivity index (χ0v) is 14.7. The number of fused-ring (bicyclic) bond motifs is 2. The Labute approximate surface area is 152 Å². The lowest BCUT2D eigenvalue weighted by atomic mass is 9.80. The first kappa shape index (κ1) is 16.2. The van der Waals surface area contributed by atoms with E-state index in [0.717, 1.165) is 44.9 Å². The van der Waals surface area contributed by atoms with Gasteiger partial charge in [-0.05, 0) is 41.0 Å². The number of benzene rings is 3. The first-order valence-electron chi connectivity index (χ1n) is 8.40. The summed E-state index contributed by atoms with van der Waals surface area (Å²) in [6, 6.07) is 21.1. The third kappa shape index (κ3) is 2.58. The van der Waals surface area contributed by atoms with Crippen molar-refractivity contribution in [2.45, 2.75) is 0 Å². The summed E-state index contributed by atoms with van der Waals surface area (Å²) < 4.78 is 10.9. The van der Waals surface area contributed by atoms with Crippen LogP contribution in [0, 0.1) is 0 Å². The van der Waals surface area contributed by atoms with Crippen LogP contribution in [0.3, 0.4) is 0 Å². The van der Waals surface area contributed by atoms with Crippen molar-refractivity contribution in [3.63, 3.8) is 0 Å². The first-order chi connectivity index (χ1) is 12.7. The van der Waals surface area contributed by atoms with Crippen molar-refractivity contribution < 1.29 is 14.3 Å². The number of hydrogen-bond acceptors (Lipinski definition) is 3. The Kier molecular flexibility index (Phi) is 4.05. The SMILES string of the molecule is COc1ccc(OC)c(C=C2c3ccccc3C(=O)c3ccccc32)c1. The van der Waals surface area contributed by atoms with Crippen molar-refractivity contribution in [2.24, 2.45) is 0 Å². The van der Waals surface area contributed by atoms with Gasteiger partial charge in [0.15, 0.2) is 5.78 Å². The summed E-state index contributed by atoms with van der Waals surface area (Å²) in [5.74, 6) is 1.57. The van der Waals surface area contributed by atoms with Crippen molar-refractivity contribution >= 4 is 17.4 Å². The fourth-order valence-electron chi connectivity index (χ4n) is 3.39. The molecule has 0 atom stereocenters. The molecule has 0 saturated heterocycles. The predicted molar refractivity (Wildman–Crippen MR) is 103 cm³/mol. The molecule has 1 aliphatic rings. The number of carbonyl (C=O) groups excluding carboxylic acids is 1.